The lowest BCUT2D eigenvalue weighted by Gasteiger charge is -2.25. The molecule has 1 atom stereocenters. The minimum absolute atomic E-state index is 0.357. The van der Waals surface area contributed by atoms with E-state index in [4.69, 9.17) is 5.84 Å². The van der Waals surface area contributed by atoms with Crippen molar-refractivity contribution in [3.8, 4) is 0 Å². The van der Waals surface area contributed by atoms with Crippen LogP contribution in [0, 0.1) is 5.92 Å². The predicted molar refractivity (Wildman–Crippen MR) is 84.6 cm³/mol. The maximum absolute atomic E-state index is 5.51. The zero-order chi connectivity index (χ0) is 15.1. The molecule has 0 spiro atoms. The summed E-state index contributed by atoms with van der Waals surface area (Å²) < 4.78 is 0. The van der Waals surface area contributed by atoms with Gasteiger partial charge < -0.3 is 15.6 Å². The van der Waals surface area contributed by atoms with E-state index < -0.39 is 0 Å². The number of nitrogens with one attached hydrogen (secondary N) is 2. The summed E-state index contributed by atoms with van der Waals surface area (Å²) in [5.41, 5.74) is 3.67. The number of nitrogen functional groups attached to an aromatic ring is 1. The molecule has 0 saturated heterocycles. The minimum Gasteiger partial charge on any atom is -0.366 e. The molecule has 1 rings (SSSR count). The molecule has 0 saturated carbocycles. The molecule has 114 valence electrons. The van der Waals surface area contributed by atoms with Crippen molar-refractivity contribution < 1.29 is 0 Å². The van der Waals surface area contributed by atoms with E-state index in [1.807, 2.05) is 0 Å². The summed E-state index contributed by atoms with van der Waals surface area (Å²) in [6.45, 7) is 7.51. The van der Waals surface area contributed by atoms with E-state index >= 15 is 0 Å². The Balaban J connectivity index is 2.92. The number of rotatable bonds is 8. The van der Waals surface area contributed by atoms with Crippen LogP contribution in [0.15, 0.2) is 6.33 Å². The minimum atomic E-state index is 0.357. The summed E-state index contributed by atoms with van der Waals surface area (Å²) in [4.78, 5) is 10.7. The van der Waals surface area contributed by atoms with Crippen LogP contribution in [0.25, 0.3) is 0 Å². The number of hydrogen-bond acceptors (Lipinski definition) is 6. The number of hydrazine groups is 1. The van der Waals surface area contributed by atoms with Crippen molar-refractivity contribution in [3.05, 3.63) is 11.9 Å². The highest BCUT2D eigenvalue weighted by molar-refractivity contribution is 5.57. The summed E-state index contributed by atoms with van der Waals surface area (Å²) in [6.07, 6.45) is 3.47. The van der Waals surface area contributed by atoms with Gasteiger partial charge >= 0.3 is 0 Å². The van der Waals surface area contributed by atoms with Crippen LogP contribution < -0.4 is 16.6 Å². The van der Waals surface area contributed by atoms with Crippen LogP contribution in [-0.4, -0.2) is 41.5 Å². The molecule has 4 N–H and O–H groups in total. The van der Waals surface area contributed by atoms with Crippen LogP contribution in [0.4, 0.5) is 11.6 Å². The first-order valence-electron chi connectivity index (χ1n) is 7.19. The topological polar surface area (TPSA) is 79.1 Å². The van der Waals surface area contributed by atoms with Crippen molar-refractivity contribution in [2.45, 2.75) is 39.7 Å². The van der Waals surface area contributed by atoms with E-state index in [1.54, 1.807) is 6.33 Å². The Kier molecular flexibility index (Phi) is 6.67. The largest absolute Gasteiger partial charge is 0.366 e. The predicted octanol–water partition coefficient (Wildman–Crippen LogP) is 1.71. The maximum Gasteiger partial charge on any atom is 0.148 e. The van der Waals surface area contributed by atoms with E-state index in [0.717, 1.165) is 30.8 Å². The van der Waals surface area contributed by atoms with Gasteiger partial charge in [0.2, 0.25) is 0 Å². The van der Waals surface area contributed by atoms with Crippen LogP contribution >= 0.6 is 0 Å². The van der Waals surface area contributed by atoms with Crippen molar-refractivity contribution in [3.63, 3.8) is 0 Å². The molecular weight excluding hydrogens is 252 g/mol. The Morgan fingerprint density at radius 2 is 1.90 bits per heavy atom. The molecule has 20 heavy (non-hydrogen) atoms. The summed E-state index contributed by atoms with van der Waals surface area (Å²) in [6, 6.07) is 0.357. The third-order valence-corrected chi connectivity index (χ3v) is 3.12. The standard InChI is InChI=1S/C14H28N6/c1-6-12-13(16-9-17-14(12)19-15)18-11(7-10(2)3)8-20(4)5/h9-11H,6-8,15H2,1-5H3,(H2,16,17,18,19). The van der Waals surface area contributed by atoms with E-state index in [9.17, 15) is 0 Å². The molecule has 0 aliphatic heterocycles. The van der Waals surface area contributed by atoms with Crippen LogP contribution in [0.2, 0.25) is 0 Å². The average molecular weight is 280 g/mol. The summed E-state index contributed by atoms with van der Waals surface area (Å²) in [5, 5.41) is 3.55. The van der Waals surface area contributed by atoms with Gasteiger partial charge in [-0.15, -0.1) is 0 Å². The summed E-state index contributed by atoms with van der Waals surface area (Å²) >= 11 is 0. The Morgan fingerprint density at radius 3 is 2.40 bits per heavy atom. The number of anilines is 2. The fraction of sp³-hybridized carbons (Fsp3) is 0.714. The highest BCUT2D eigenvalue weighted by Gasteiger charge is 2.16. The molecule has 0 bridgehead atoms. The van der Waals surface area contributed by atoms with Gasteiger partial charge in [-0.25, -0.2) is 15.8 Å². The lowest BCUT2D eigenvalue weighted by molar-refractivity contribution is 0.356. The molecule has 1 heterocycles. The highest BCUT2D eigenvalue weighted by Crippen LogP contribution is 2.21. The van der Waals surface area contributed by atoms with Gasteiger partial charge in [-0.05, 0) is 32.9 Å². The zero-order valence-electron chi connectivity index (χ0n) is 13.3. The zero-order valence-corrected chi connectivity index (χ0v) is 13.3. The second kappa shape index (κ2) is 8.01. The molecule has 0 aromatic carbocycles. The Morgan fingerprint density at radius 1 is 1.25 bits per heavy atom. The molecule has 1 aromatic rings. The monoisotopic (exact) mass is 280 g/mol. The Bertz CT molecular complexity index is 395. The van der Waals surface area contributed by atoms with Gasteiger partial charge in [0.15, 0.2) is 0 Å². The van der Waals surface area contributed by atoms with E-state index in [1.165, 1.54) is 0 Å². The normalized spacial score (nSPS) is 12.8. The fourth-order valence-corrected chi connectivity index (χ4v) is 2.38. The van der Waals surface area contributed by atoms with Gasteiger partial charge in [0.1, 0.15) is 18.0 Å². The third-order valence-electron chi connectivity index (χ3n) is 3.12. The van der Waals surface area contributed by atoms with Crippen LogP contribution in [0.5, 0.6) is 0 Å². The van der Waals surface area contributed by atoms with Crippen molar-refractivity contribution in [2.24, 2.45) is 11.8 Å². The molecule has 0 aliphatic rings. The van der Waals surface area contributed by atoms with Gasteiger partial charge in [0.25, 0.3) is 0 Å². The quantitative estimate of drug-likeness (QED) is 0.497. The lowest BCUT2D eigenvalue weighted by Crippen LogP contribution is -2.34. The van der Waals surface area contributed by atoms with Crippen molar-refractivity contribution >= 4 is 11.6 Å². The van der Waals surface area contributed by atoms with Crippen molar-refractivity contribution in [1.82, 2.24) is 14.9 Å². The molecule has 0 radical (unpaired) electrons. The van der Waals surface area contributed by atoms with Gasteiger partial charge in [-0.3, -0.25) is 0 Å². The number of nitrogens with zero attached hydrogens (tertiary/aromatic N) is 3. The SMILES string of the molecule is CCc1c(NN)ncnc1NC(CC(C)C)CN(C)C. The first kappa shape index (κ1) is 16.7. The number of nitrogens with two attached hydrogens (primary N) is 1. The van der Waals surface area contributed by atoms with Crippen molar-refractivity contribution in [2.75, 3.05) is 31.4 Å². The van der Waals surface area contributed by atoms with Gasteiger partial charge in [0.05, 0.1) is 0 Å². The fourth-order valence-electron chi connectivity index (χ4n) is 2.38. The lowest BCUT2D eigenvalue weighted by atomic mass is 10.0. The molecule has 1 aromatic heterocycles. The second-order valence-electron chi connectivity index (χ2n) is 5.78. The molecule has 6 nitrogen and oxygen atoms in total. The Labute approximate surface area is 122 Å². The summed E-state index contributed by atoms with van der Waals surface area (Å²) in [5.74, 6) is 7.71. The Hall–Kier alpha value is -1.40. The smallest absolute Gasteiger partial charge is 0.148 e. The van der Waals surface area contributed by atoms with Gasteiger partial charge in [-0.1, -0.05) is 20.8 Å². The number of aromatic nitrogens is 2. The first-order chi connectivity index (χ1) is 9.47. The number of likely N-dealkylation sites (N-methyl/N-ethyl adjacent to an activating group) is 1. The van der Waals surface area contributed by atoms with Crippen LogP contribution in [0.1, 0.15) is 32.8 Å². The summed E-state index contributed by atoms with van der Waals surface area (Å²) in [7, 11) is 4.17. The van der Waals surface area contributed by atoms with Crippen LogP contribution in [0.3, 0.4) is 0 Å². The van der Waals surface area contributed by atoms with Crippen molar-refractivity contribution in [1.29, 1.82) is 0 Å². The second-order valence-corrected chi connectivity index (χ2v) is 5.78. The maximum atomic E-state index is 5.51. The molecule has 0 amide bonds. The van der Waals surface area contributed by atoms with E-state index in [-0.39, 0.29) is 0 Å². The number of hydrogen-bond donors (Lipinski definition) is 3. The molecule has 6 heteroatoms. The third kappa shape index (κ3) is 4.94. The molecule has 0 aliphatic carbocycles. The van der Waals surface area contributed by atoms with Gasteiger partial charge in [-0.2, -0.15) is 0 Å². The van der Waals surface area contributed by atoms with E-state index in [0.29, 0.717) is 17.8 Å². The average Bonchev–Trinajstić information content (AvgIpc) is 2.36. The highest BCUT2D eigenvalue weighted by atomic mass is 15.3. The molecular formula is C14H28N6. The van der Waals surface area contributed by atoms with Gasteiger partial charge in [0, 0.05) is 18.2 Å². The first-order valence-corrected chi connectivity index (χ1v) is 7.19. The molecule has 0 fully saturated rings. The molecule has 1 unspecified atom stereocenters. The van der Waals surface area contributed by atoms with E-state index in [2.05, 4.69) is 60.5 Å². The van der Waals surface area contributed by atoms with Crippen LogP contribution in [-0.2, 0) is 6.42 Å².